The lowest BCUT2D eigenvalue weighted by molar-refractivity contribution is -0.388. The normalized spacial score (nSPS) is 10.6. The molecule has 9 heteroatoms. The first-order valence-electron chi connectivity index (χ1n) is 6.50. The molecular weight excluding hydrogens is 286 g/mol. The number of imidazole rings is 1. The smallest absolute Gasteiger partial charge is 0.358 e. The summed E-state index contributed by atoms with van der Waals surface area (Å²) in [5.41, 5.74) is 0.920. The molecule has 0 aliphatic rings. The number of nitro groups is 1. The second kappa shape index (κ2) is 5.64. The number of benzene rings is 1. The molecule has 0 atom stereocenters. The first-order chi connectivity index (χ1) is 10.7. The van der Waals surface area contributed by atoms with E-state index >= 15 is 0 Å². The molecule has 0 unspecified atom stereocenters. The van der Waals surface area contributed by atoms with Gasteiger partial charge in [-0.3, -0.25) is 9.13 Å². The fraction of sp³-hybridized carbons (Fsp3) is 0.154. The van der Waals surface area contributed by atoms with Crippen LogP contribution in [-0.2, 0) is 13.6 Å². The Morgan fingerprint density at radius 2 is 2.05 bits per heavy atom. The number of aromatic nitrogens is 5. The molecule has 0 saturated heterocycles. The number of nitrogens with one attached hydrogen (secondary N) is 1. The van der Waals surface area contributed by atoms with Crippen molar-refractivity contribution in [2.75, 3.05) is 5.32 Å². The third-order valence-electron chi connectivity index (χ3n) is 3.16. The fourth-order valence-electron chi connectivity index (χ4n) is 2.10. The van der Waals surface area contributed by atoms with Crippen molar-refractivity contribution in [2.24, 2.45) is 7.05 Å². The molecule has 0 aliphatic carbocycles. The van der Waals surface area contributed by atoms with Crippen molar-refractivity contribution in [2.45, 2.75) is 6.54 Å². The van der Waals surface area contributed by atoms with Crippen LogP contribution in [0.4, 0.5) is 11.6 Å². The van der Waals surface area contributed by atoms with Crippen LogP contribution in [0.25, 0.3) is 5.69 Å². The summed E-state index contributed by atoms with van der Waals surface area (Å²) in [6.07, 6.45) is 2.99. The summed E-state index contributed by atoms with van der Waals surface area (Å²) in [5.74, 6) is 0.752. The van der Waals surface area contributed by atoms with Crippen LogP contribution >= 0.6 is 0 Å². The molecule has 1 aromatic carbocycles. The van der Waals surface area contributed by atoms with Gasteiger partial charge in [0.2, 0.25) is 12.1 Å². The predicted octanol–water partition coefficient (Wildman–Crippen LogP) is 1.52. The lowest BCUT2D eigenvalue weighted by Crippen LogP contribution is -2.10. The average molecular weight is 299 g/mol. The van der Waals surface area contributed by atoms with Gasteiger partial charge in [-0.2, -0.15) is 0 Å². The highest BCUT2D eigenvalue weighted by molar-refractivity contribution is 5.52. The van der Waals surface area contributed by atoms with Crippen molar-refractivity contribution in [3.05, 3.63) is 58.9 Å². The Morgan fingerprint density at radius 3 is 2.77 bits per heavy atom. The minimum Gasteiger partial charge on any atom is -0.358 e. The largest absolute Gasteiger partial charge is 0.406 e. The Morgan fingerprint density at radius 1 is 1.27 bits per heavy atom. The first-order valence-corrected chi connectivity index (χ1v) is 6.50. The summed E-state index contributed by atoms with van der Waals surface area (Å²) < 4.78 is 3.37. The molecule has 0 aliphatic heterocycles. The van der Waals surface area contributed by atoms with Crippen molar-refractivity contribution in [1.82, 2.24) is 24.3 Å². The van der Waals surface area contributed by atoms with Gasteiger partial charge in [0, 0.05) is 12.7 Å². The highest BCUT2D eigenvalue weighted by Crippen LogP contribution is 2.21. The molecule has 0 radical (unpaired) electrons. The topological polar surface area (TPSA) is 104 Å². The second-order valence-electron chi connectivity index (χ2n) is 4.59. The zero-order valence-corrected chi connectivity index (χ0v) is 11.7. The summed E-state index contributed by atoms with van der Waals surface area (Å²) in [7, 11) is 1.68. The quantitative estimate of drug-likeness (QED) is 0.566. The van der Waals surface area contributed by atoms with Crippen molar-refractivity contribution in [3.63, 3.8) is 0 Å². The van der Waals surface area contributed by atoms with E-state index in [9.17, 15) is 10.1 Å². The first kappa shape index (κ1) is 13.7. The summed E-state index contributed by atoms with van der Waals surface area (Å²) in [4.78, 5) is 14.2. The molecule has 3 rings (SSSR count). The maximum atomic E-state index is 10.9. The second-order valence-corrected chi connectivity index (χ2v) is 4.59. The van der Waals surface area contributed by atoms with Gasteiger partial charge < -0.3 is 15.4 Å². The van der Waals surface area contributed by atoms with Gasteiger partial charge in [0.15, 0.2) is 5.82 Å². The highest BCUT2D eigenvalue weighted by Gasteiger charge is 2.20. The van der Waals surface area contributed by atoms with Crippen LogP contribution in [0.2, 0.25) is 0 Å². The Hall–Kier alpha value is -3.23. The molecule has 9 nitrogen and oxygen atoms in total. The number of aryl methyl sites for hydroxylation is 1. The minimum absolute atomic E-state index is 0.215. The Bertz CT molecular complexity index is 794. The van der Waals surface area contributed by atoms with Gasteiger partial charge in [0.25, 0.3) is 0 Å². The summed E-state index contributed by atoms with van der Waals surface area (Å²) in [6, 6.07) is 9.61. The van der Waals surface area contributed by atoms with Gasteiger partial charge in [-0.05, 0) is 22.0 Å². The van der Waals surface area contributed by atoms with E-state index in [4.69, 9.17) is 0 Å². The maximum absolute atomic E-state index is 10.9. The van der Waals surface area contributed by atoms with E-state index in [1.54, 1.807) is 17.9 Å². The molecule has 0 bridgehead atoms. The third-order valence-corrected chi connectivity index (χ3v) is 3.16. The number of nitrogens with zero attached hydrogens (tertiary/aromatic N) is 6. The predicted molar refractivity (Wildman–Crippen MR) is 78.5 cm³/mol. The monoisotopic (exact) mass is 299 g/mol. The van der Waals surface area contributed by atoms with Crippen molar-refractivity contribution < 1.29 is 4.92 Å². The summed E-state index contributed by atoms with van der Waals surface area (Å²) in [5, 5.41) is 21.9. The van der Waals surface area contributed by atoms with Crippen molar-refractivity contribution in [3.8, 4) is 5.69 Å². The number of anilines is 1. The number of rotatable bonds is 5. The molecule has 112 valence electrons. The maximum Gasteiger partial charge on any atom is 0.406 e. The summed E-state index contributed by atoms with van der Waals surface area (Å²) >= 11 is 0. The van der Waals surface area contributed by atoms with E-state index in [2.05, 4.69) is 20.5 Å². The van der Waals surface area contributed by atoms with E-state index < -0.39 is 4.92 Å². The molecular formula is C13H13N7O2. The molecule has 0 amide bonds. The lowest BCUT2D eigenvalue weighted by Gasteiger charge is -2.08. The van der Waals surface area contributed by atoms with E-state index in [0.717, 1.165) is 5.69 Å². The van der Waals surface area contributed by atoms with Gasteiger partial charge in [-0.1, -0.05) is 18.2 Å². The number of hydrogen-bond acceptors (Lipinski definition) is 6. The Balaban J connectivity index is 1.83. The molecule has 2 heterocycles. The van der Waals surface area contributed by atoms with E-state index in [1.165, 1.54) is 6.33 Å². The standard InChI is InChI=1S/C13H13N7O2/c1-18-8-15-13(20(21)22)12(18)14-7-11-17-16-9-19(11)10-5-3-2-4-6-10/h2-6,8-9,14H,7H2,1H3. The molecule has 22 heavy (non-hydrogen) atoms. The number of hydrogen-bond donors (Lipinski definition) is 1. The van der Waals surface area contributed by atoms with Crippen LogP contribution in [0.3, 0.4) is 0 Å². The van der Waals surface area contributed by atoms with Gasteiger partial charge >= 0.3 is 5.82 Å². The van der Waals surface area contributed by atoms with E-state index in [1.807, 2.05) is 34.9 Å². The third kappa shape index (κ3) is 2.51. The fourth-order valence-corrected chi connectivity index (χ4v) is 2.10. The molecule has 0 spiro atoms. The SMILES string of the molecule is Cn1cnc([N+](=O)[O-])c1NCc1nncn1-c1ccccc1. The van der Waals surface area contributed by atoms with E-state index in [0.29, 0.717) is 11.6 Å². The molecule has 1 N–H and O–H groups in total. The van der Waals surface area contributed by atoms with Crippen LogP contribution < -0.4 is 5.32 Å². The highest BCUT2D eigenvalue weighted by atomic mass is 16.6. The molecule has 0 saturated carbocycles. The van der Waals surface area contributed by atoms with Crippen LogP contribution in [0, 0.1) is 10.1 Å². The van der Waals surface area contributed by atoms with Gasteiger partial charge in [-0.15, -0.1) is 10.2 Å². The molecule has 2 aromatic heterocycles. The zero-order valence-electron chi connectivity index (χ0n) is 11.7. The lowest BCUT2D eigenvalue weighted by atomic mass is 10.3. The van der Waals surface area contributed by atoms with Crippen LogP contribution in [0.5, 0.6) is 0 Å². The Labute approximate surface area is 125 Å². The average Bonchev–Trinajstić information content (AvgIpc) is 3.12. The van der Waals surface area contributed by atoms with Gasteiger partial charge in [0.1, 0.15) is 6.33 Å². The zero-order chi connectivity index (χ0) is 15.5. The van der Waals surface area contributed by atoms with Crippen LogP contribution in [-0.4, -0.2) is 29.2 Å². The van der Waals surface area contributed by atoms with Crippen molar-refractivity contribution in [1.29, 1.82) is 0 Å². The van der Waals surface area contributed by atoms with Gasteiger partial charge in [0.05, 0.1) is 6.54 Å². The Kier molecular flexibility index (Phi) is 3.52. The molecule has 0 fully saturated rings. The van der Waals surface area contributed by atoms with Crippen LogP contribution in [0.15, 0.2) is 43.0 Å². The van der Waals surface area contributed by atoms with E-state index in [-0.39, 0.29) is 12.4 Å². The van der Waals surface area contributed by atoms with Gasteiger partial charge in [-0.25, -0.2) is 0 Å². The summed E-state index contributed by atoms with van der Waals surface area (Å²) in [6.45, 7) is 0.287. The number of para-hydroxylation sites is 1. The molecule has 3 aromatic rings. The van der Waals surface area contributed by atoms with Crippen LogP contribution in [0.1, 0.15) is 5.82 Å². The minimum atomic E-state index is -0.524. The van der Waals surface area contributed by atoms with Crippen molar-refractivity contribution >= 4 is 11.6 Å².